The highest BCUT2D eigenvalue weighted by molar-refractivity contribution is 5.97. The van der Waals surface area contributed by atoms with Gasteiger partial charge in [0.15, 0.2) is 6.61 Å². The Morgan fingerprint density at radius 3 is 2.50 bits per heavy atom. The number of carbonyl (C=O) groups excluding carboxylic acids is 4. The summed E-state index contributed by atoms with van der Waals surface area (Å²) >= 11 is 0. The first-order valence-electron chi connectivity index (χ1n) is 9.06. The Hall–Kier alpha value is -3.10. The van der Waals surface area contributed by atoms with Gasteiger partial charge in [0.05, 0.1) is 19.1 Å². The van der Waals surface area contributed by atoms with Crippen molar-refractivity contribution < 1.29 is 28.7 Å². The van der Waals surface area contributed by atoms with Gasteiger partial charge >= 0.3 is 5.97 Å². The summed E-state index contributed by atoms with van der Waals surface area (Å²) in [6, 6.07) is 6.75. The van der Waals surface area contributed by atoms with Gasteiger partial charge in [-0.05, 0) is 25.0 Å². The highest BCUT2D eigenvalue weighted by atomic mass is 16.5. The summed E-state index contributed by atoms with van der Waals surface area (Å²) in [5, 5.41) is 2.61. The van der Waals surface area contributed by atoms with Gasteiger partial charge in [-0.3, -0.25) is 19.2 Å². The van der Waals surface area contributed by atoms with E-state index in [1.807, 2.05) is 0 Å². The van der Waals surface area contributed by atoms with E-state index in [4.69, 9.17) is 15.2 Å². The van der Waals surface area contributed by atoms with Crippen molar-refractivity contribution in [3.8, 4) is 5.75 Å². The quantitative estimate of drug-likeness (QED) is 0.604. The molecule has 0 aliphatic carbocycles. The number of hydrogen-bond donors (Lipinski definition) is 2. The third-order valence-electron chi connectivity index (χ3n) is 4.57. The minimum Gasteiger partial charge on any atom is -0.496 e. The number of methoxy groups -OCH3 is 1. The molecule has 28 heavy (non-hydrogen) atoms. The topological polar surface area (TPSA) is 128 Å². The number of nitrogens with two attached hydrogens (primary N) is 1. The highest BCUT2D eigenvalue weighted by Crippen LogP contribution is 2.17. The fourth-order valence-corrected chi connectivity index (χ4v) is 2.92. The van der Waals surface area contributed by atoms with E-state index in [9.17, 15) is 19.2 Å². The maximum atomic E-state index is 12.1. The van der Waals surface area contributed by atoms with Crippen LogP contribution in [0.3, 0.4) is 0 Å². The van der Waals surface area contributed by atoms with Crippen LogP contribution in [0.15, 0.2) is 24.3 Å². The third kappa shape index (κ3) is 5.97. The van der Waals surface area contributed by atoms with Gasteiger partial charge in [-0.25, -0.2) is 0 Å². The lowest BCUT2D eigenvalue weighted by Crippen LogP contribution is -2.43. The van der Waals surface area contributed by atoms with Crippen LogP contribution in [0.5, 0.6) is 5.75 Å². The molecule has 1 fully saturated rings. The molecule has 0 atom stereocenters. The number of rotatable bonds is 8. The SMILES string of the molecule is COc1ccccc1C(=O)NCCC(=O)OCC(=O)N1CCC(C(N)=O)CC1. The predicted molar refractivity (Wildman–Crippen MR) is 99.4 cm³/mol. The van der Waals surface area contributed by atoms with Crippen LogP contribution >= 0.6 is 0 Å². The van der Waals surface area contributed by atoms with Crippen molar-refractivity contribution in [1.82, 2.24) is 10.2 Å². The number of amides is 3. The van der Waals surface area contributed by atoms with Crippen LogP contribution in [0.4, 0.5) is 0 Å². The smallest absolute Gasteiger partial charge is 0.308 e. The van der Waals surface area contributed by atoms with E-state index in [0.717, 1.165) is 0 Å². The first-order valence-corrected chi connectivity index (χ1v) is 9.06. The first kappa shape index (κ1) is 21.2. The molecule has 0 spiro atoms. The number of ether oxygens (including phenoxy) is 2. The number of benzene rings is 1. The van der Waals surface area contributed by atoms with Gasteiger partial charge in [0.25, 0.3) is 11.8 Å². The fraction of sp³-hybridized carbons (Fsp3) is 0.474. The summed E-state index contributed by atoms with van der Waals surface area (Å²) in [4.78, 5) is 48.6. The monoisotopic (exact) mass is 391 g/mol. The molecule has 0 unspecified atom stereocenters. The molecule has 0 bridgehead atoms. The Bertz CT molecular complexity index is 728. The summed E-state index contributed by atoms with van der Waals surface area (Å²) in [5.74, 6) is -1.38. The van der Waals surface area contributed by atoms with Crippen LogP contribution in [-0.4, -0.2) is 61.9 Å². The summed E-state index contributed by atoms with van der Waals surface area (Å²) in [5.41, 5.74) is 5.63. The van der Waals surface area contributed by atoms with Crippen LogP contribution in [-0.2, 0) is 19.1 Å². The molecule has 1 heterocycles. The van der Waals surface area contributed by atoms with Crippen molar-refractivity contribution in [2.45, 2.75) is 19.3 Å². The lowest BCUT2D eigenvalue weighted by atomic mass is 9.96. The molecule has 0 aromatic heterocycles. The summed E-state index contributed by atoms with van der Waals surface area (Å²) in [6.07, 6.45) is 0.978. The summed E-state index contributed by atoms with van der Waals surface area (Å²) in [6.45, 7) is 0.548. The molecular weight excluding hydrogens is 366 g/mol. The lowest BCUT2D eigenvalue weighted by molar-refractivity contribution is -0.152. The van der Waals surface area contributed by atoms with Gasteiger partial charge in [0.2, 0.25) is 5.91 Å². The lowest BCUT2D eigenvalue weighted by Gasteiger charge is -2.30. The first-order chi connectivity index (χ1) is 13.4. The molecule has 1 aliphatic heterocycles. The number of hydrogen-bond acceptors (Lipinski definition) is 6. The highest BCUT2D eigenvalue weighted by Gasteiger charge is 2.26. The van der Waals surface area contributed by atoms with Crippen LogP contribution in [0.25, 0.3) is 0 Å². The molecule has 1 saturated heterocycles. The van der Waals surface area contributed by atoms with E-state index < -0.39 is 5.97 Å². The van der Waals surface area contributed by atoms with Gasteiger partial charge in [-0.15, -0.1) is 0 Å². The number of likely N-dealkylation sites (tertiary alicyclic amines) is 1. The summed E-state index contributed by atoms with van der Waals surface area (Å²) in [7, 11) is 1.47. The predicted octanol–water partition coefficient (Wildman–Crippen LogP) is 0.0822. The average molecular weight is 391 g/mol. The average Bonchev–Trinajstić information content (AvgIpc) is 2.71. The minimum absolute atomic E-state index is 0.0576. The van der Waals surface area contributed by atoms with Crippen molar-refractivity contribution in [2.75, 3.05) is 33.4 Å². The standard InChI is InChI=1S/C19H25N3O6/c1-27-15-5-3-2-4-14(15)19(26)21-9-6-17(24)28-12-16(23)22-10-7-13(8-11-22)18(20)25/h2-5,13H,6-12H2,1H3,(H2,20,25)(H,21,26). The molecule has 9 nitrogen and oxygen atoms in total. The zero-order chi connectivity index (χ0) is 20.5. The van der Waals surface area contributed by atoms with Crippen LogP contribution < -0.4 is 15.8 Å². The van der Waals surface area contributed by atoms with Crippen LogP contribution in [0.1, 0.15) is 29.6 Å². The summed E-state index contributed by atoms with van der Waals surface area (Å²) < 4.78 is 10.1. The number of nitrogens with one attached hydrogen (secondary N) is 1. The van der Waals surface area contributed by atoms with Crippen molar-refractivity contribution >= 4 is 23.7 Å². The van der Waals surface area contributed by atoms with Crippen molar-refractivity contribution in [2.24, 2.45) is 11.7 Å². The van der Waals surface area contributed by atoms with E-state index in [0.29, 0.717) is 37.2 Å². The van der Waals surface area contributed by atoms with Gasteiger partial charge in [0.1, 0.15) is 5.75 Å². The largest absolute Gasteiger partial charge is 0.496 e. The van der Waals surface area contributed by atoms with E-state index in [1.54, 1.807) is 29.2 Å². The molecule has 0 radical (unpaired) electrons. The Morgan fingerprint density at radius 2 is 1.86 bits per heavy atom. The normalized spacial score (nSPS) is 14.2. The number of esters is 1. The second-order valence-electron chi connectivity index (χ2n) is 6.42. The maximum Gasteiger partial charge on any atom is 0.308 e. The molecule has 1 aromatic carbocycles. The van der Waals surface area contributed by atoms with E-state index in [1.165, 1.54) is 7.11 Å². The Morgan fingerprint density at radius 1 is 1.18 bits per heavy atom. The number of nitrogens with zero attached hydrogens (tertiary/aromatic N) is 1. The number of piperidine rings is 1. The van der Waals surface area contributed by atoms with Crippen molar-refractivity contribution in [3.05, 3.63) is 29.8 Å². The van der Waals surface area contributed by atoms with Crippen LogP contribution in [0.2, 0.25) is 0 Å². The van der Waals surface area contributed by atoms with Gasteiger partial charge < -0.3 is 25.4 Å². The second kappa shape index (κ2) is 10.3. The minimum atomic E-state index is -0.583. The third-order valence-corrected chi connectivity index (χ3v) is 4.57. The number of primary amides is 1. The molecule has 9 heteroatoms. The van der Waals surface area contributed by atoms with E-state index in [-0.39, 0.29) is 43.2 Å². The fourth-order valence-electron chi connectivity index (χ4n) is 2.92. The molecule has 1 aliphatic rings. The molecule has 0 saturated carbocycles. The Labute approximate surface area is 163 Å². The molecule has 2 rings (SSSR count). The molecule has 152 valence electrons. The number of carbonyl (C=O) groups is 4. The zero-order valence-electron chi connectivity index (χ0n) is 15.8. The van der Waals surface area contributed by atoms with Gasteiger partial charge in [-0.2, -0.15) is 0 Å². The number of para-hydroxylation sites is 1. The Kier molecular flexibility index (Phi) is 7.79. The van der Waals surface area contributed by atoms with Gasteiger partial charge in [0, 0.05) is 25.6 Å². The van der Waals surface area contributed by atoms with E-state index in [2.05, 4.69) is 5.32 Å². The van der Waals surface area contributed by atoms with Crippen LogP contribution in [0, 0.1) is 5.92 Å². The molecule has 3 N–H and O–H groups in total. The zero-order valence-corrected chi connectivity index (χ0v) is 15.8. The second-order valence-corrected chi connectivity index (χ2v) is 6.42. The Balaban J connectivity index is 1.67. The maximum absolute atomic E-state index is 12.1. The van der Waals surface area contributed by atoms with Gasteiger partial charge in [-0.1, -0.05) is 12.1 Å². The van der Waals surface area contributed by atoms with Crippen molar-refractivity contribution in [3.63, 3.8) is 0 Å². The van der Waals surface area contributed by atoms with E-state index >= 15 is 0 Å². The van der Waals surface area contributed by atoms with Crippen molar-refractivity contribution in [1.29, 1.82) is 0 Å². The molecular formula is C19H25N3O6. The molecule has 3 amide bonds. The molecule has 1 aromatic rings.